The van der Waals surface area contributed by atoms with Gasteiger partial charge in [0.15, 0.2) is 0 Å². The van der Waals surface area contributed by atoms with Gasteiger partial charge in [-0.15, -0.1) is 0 Å². The van der Waals surface area contributed by atoms with E-state index in [4.69, 9.17) is 0 Å². The van der Waals surface area contributed by atoms with Gasteiger partial charge in [0.2, 0.25) is 0 Å². The van der Waals surface area contributed by atoms with Gasteiger partial charge in [-0.25, -0.2) is 5.43 Å². The quantitative estimate of drug-likeness (QED) is 0.541. The van der Waals surface area contributed by atoms with Gasteiger partial charge >= 0.3 is 0 Å². The summed E-state index contributed by atoms with van der Waals surface area (Å²) in [6.07, 6.45) is 3.04. The van der Waals surface area contributed by atoms with Gasteiger partial charge in [-0.2, -0.15) is 0 Å². The predicted octanol–water partition coefficient (Wildman–Crippen LogP) is -0.106. The number of aliphatic imine (C=N–C) groups is 2. The van der Waals surface area contributed by atoms with Crippen LogP contribution in [0.1, 0.15) is 6.42 Å². The average molecular weight is 176 g/mol. The van der Waals surface area contributed by atoms with Crippen LogP contribution in [-0.2, 0) is 0 Å². The van der Waals surface area contributed by atoms with Crippen LogP contribution in [0.25, 0.3) is 0 Å². The second-order valence-electron chi connectivity index (χ2n) is 3.62. The second-order valence-corrected chi connectivity index (χ2v) is 3.62. The molecule has 0 aliphatic carbocycles. The van der Waals surface area contributed by atoms with Crippen molar-refractivity contribution in [2.45, 2.75) is 6.42 Å². The standard InChI is InChI=1S/C9H12N4/c1-2-10-3-6-4-11-9-8(7(1)6)5-12-13-9/h2,6,12H,1,3-5H2,(H,11,13). The Morgan fingerprint density at radius 1 is 1.38 bits per heavy atom. The number of dihydropyridines is 1. The summed E-state index contributed by atoms with van der Waals surface area (Å²) in [5.41, 5.74) is 9.12. The van der Waals surface area contributed by atoms with Crippen molar-refractivity contribution in [3.05, 3.63) is 11.1 Å². The van der Waals surface area contributed by atoms with Crippen LogP contribution in [0.15, 0.2) is 21.1 Å². The maximum absolute atomic E-state index is 4.49. The fourth-order valence-electron chi connectivity index (χ4n) is 2.16. The van der Waals surface area contributed by atoms with Gasteiger partial charge in [0.25, 0.3) is 0 Å². The molecular formula is C9H12N4. The SMILES string of the molecule is C1=NCC2CN=C3NNCC3=C2C1. The summed E-state index contributed by atoms with van der Waals surface area (Å²) in [5.74, 6) is 1.63. The fourth-order valence-corrected chi connectivity index (χ4v) is 2.16. The molecule has 68 valence electrons. The van der Waals surface area contributed by atoms with Crippen LogP contribution in [0.3, 0.4) is 0 Å². The van der Waals surface area contributed by atoms with E-state index in [1.807, 2.05) is 6.21 Å². The number of nitrogens with zero attached hydrogens (tertiary/aromatic N) is 2. The molecule has 13 heavy (non-hydrogen) atoms. The molecule has 0 saturated carbocycles. The van der Waals surface area contributed by atoms with E-state index < -0.39 is 0 Å². The van der Waals surface area contributed by atoms with E-state index in [2.05, 4.69) is 20.8 Å². The molecule has 3 aliphatic rings. The summed E-state index contributed by atoms with van der Waals surface area (Å²) in [7, 11) is 0. The monoisotopic (exact) mass is 176 g/mol. The van der Waals surface area contributed by atoms with Crippen molar-refractivity contribution in [3.8, 4) is 0 Å². The molecule has 4 heteroatoms. The molecule has 0 bridgehead atoms. The van der Waals surface area contributed by atoms with Gasteiger partial charge in [-0.3, -0.25) is 9.98 Å². The normalized spacial score (nSPS) is 30.8. The third-order valence-electron chi connectivity index (χ3n) is 2.87. The molecular weight excluding hydrogens is 164 g/mol. The van der Waals surface area contributed by atoms with Gasteiger partial charge in [0.05, 0.1) is 0 Å². The lowest BCUT2D eigenvalue weighted by Crippen LogP contribution is -2.30. The Morgan fingerprint density at radius 3 is 3.38 bits per heavy atom. The maximum Gasteiger partial charge on any atom is 0.139 e. The average Bonchev–Trinajstić information content (AvgIpc) is 2.65. The van der Waals surface area contributed by atoms with E-state index in [1.165, 1.54) is 11.1 Å². The molecule has 4 nitrogen and oxygen atoms in total. The van der Waals surface area contributed by atoms with E-state index in [0.29, 0.717) is 5.92 Å². The first-order chi connectivity index (χ1) is 6.45. The Morgan fingerprint density at radius 2 is 2.38 bits per heavy atom. The lowest BCUT2D eigenvalue weighted by Gasteiger charge is -2.25. The van der Waals surface area contributed by atoms with Crippen molar-refractivity contribution < 1.29 is 0 Å². The van der Waals surface area contributed by atoms with Crippen LogP contribution in [-0.4, -0.2) is 31.7 Å². The number of nitrogens with one attached hydrogen (secondary N) is 2. The number of hydrogen-bond acceptors (Lipinski definition) is 4. The van der Waals surface area contributed by atoms with E-state index in [9.17, 15) is 0 Å². The van der Waals surface area contributed by atoms with Gasteiger partial charge in [0.1, 0.15) is 5.84 Å². The van der Waals surface area contributed by atoms with Gasteiger partial charge in [0, 0.05) is 43.8 Å². The highest BCUT2D eigenvalue weighted by Gasteiger charge is 2.28. The molecule has 1 fully saturated rings. The summed E-state index contributed by atoms with van der Waals surface area (Å²) >= 11 is 0. The molecule has 2 N–H and O–H groups in total. The van der Waals surface area contributed by atoms with Gasteiger partial charge in [-0.05, 0) is 5.57 Å². The molecule has 0 aromatic carbocycles. The maximum atomic E-state index is 4.49. The zero-order chi connectivity index (χ0) is 8.67. The van der Waals surface area contributed by atoms with Crippen LogP contribution < -0.4 is 10.9 Å². The van der Waals surface area contributed by atoms with E-state index >= 15 is 0 Å². The zero-order valence-electron chi connectivity index (χ0n) is 7.38. The molecule has 0 aromatic rings. The highest BCUT2D eigenvalue weighted by atomic mass is 15.4. The largest absolute Gasteiger partial charge is 0.306 e. The van der Waals surface area contributed by atoms with Crippen molar-refractivity contribution in [1.82, 2.24) is 10.9 Å². The van der Waals surface area contributed by atoms with Crippen molar-refractivity contribution in [2.75, 3.05) is 19.6 Å². The first-order valence-corrected chi connectivity index (χ1v) is 4.69. The predicted molar refractivity (Wildman–Crippen MR) is 51.9 cm³/mol. The number of amidine groups is 1. The van der Waals surface area contributed by atoms with E-state index in [0.717, 1.165) is 31.9 Å². The Labute approximate surface area is 76.8 Å². The Kier molecular flexibility index (Phi) is 1.49. The van der Waals surface area contributed by atoms with Gasteiger partial charge < -0.3 is 5.43 Å². The number of fused-ring (bicyclic) bond motifs is 2. The van der Waals surface area contributed by atoms with Crippen molar-refractivity contribution in [1.29, 1.82) is 0 Å². The Bertz CT molecular complexity index is 327. The summed E-state index contributed by atoms with van der Waals surface area (Å²) < 4.78 is 0. The summed E-state index contributed by atoms with van der Waals surface area (Å²) in [4.78, 5) is 8.79. The minimum Gasteiger partial charge on any atom is -0.306 e. The van der Waals surface area contributed by atoms with Crippen LogP contribution >= 0.6 is 0 Å². The molecule has 1 atom stereocenters. The summed E-state index contributed by atoms with van der Waals surface area (Å²) in [6, 6.07) is 0. The fraction of sp³-hybridized carbons (Fsp3) is 0.556. The summed E-state index contributed by atoms with van der Waals surface area (Å²) in [6.45, 7) is 2.74. The molecule has 3 aliphatic heterocycles. The van der Waals surface area contributed by atoms with E-state index in [1.54, 1.807) is 0 Å². The van der Waals surface area contributed by atoms with E-state index in [-0.39, 0.29) is 0 Å². The minimum absolute atomic E-state index is 0.574. The van der Waals surface area contributed by atoms with Crippen LogP contribution in [0.4, 0.5) is 0 Å². The molecule has 0 amide bonds. The Balaban J connectivity index is 2.05. The topological polar surface area (TPSA) is 48.8 Å². The van der Waals surface area contributed by atoms with Crippen LogP contribution in [0.5, 0.6) is 0 Å². The van der Waals surface area contributed by atoms with Gasteiger partial charge in [-0.1, -0.05) is 0 Å². The molecule has 3 rings (SSSR count). The smallest absolute Gasteiger partial charge is 0.139 e. The molecule has 0 radical (unpaired) electrons. The first kappa shape index (κ1) is 7.26. The number of hydrazine groups is 1. The van der Waals surface area contributed by atoms with Crippen molar-refractivity contribution in [3.63, 3.8) is 0 Å². The summed E-state index contributed by atoms with van der Waals surface area (Å²) in [5, 5.41) is 0. The number of hydrogen-bond donors (Lipinski definition) is 2. The van der Waals surface area contributed by atoms with Crippen molar-refractivity contribution in [2.24, 2.45) is 15.9 Å². The van der Waals surface area contributed by atoms with Crippen LogP contribution in [0.2, 0.25) is 0 Å². The Hall–Kier alpha value is -1.16. The highest BCUT2D eigenvalue weighted by Crippen LogP contribution is 2.27. The first-order valence-electron chi connectivity index (χ1n) is 4.69. The zero-order valence-corrected chi connectivity index (χ0v) is 7.38. The third kappa shape index (κ3) is 1.02. The lowest BCUT2D eigenvalue weighted by molar-refractivity contribution is 0.605. The molecule has 0 spiro atoms. The van der Waals surface area contributed by atoms with Crippen molar-refractivity contribution >= 4 is 12.1 Å². The lowest BCUT2D eigenvalue weighted by atomic mass is 9.88. The van der Waals surface area contributed by atoms with Crippen LogP contribution in [0, 0.1) is 5.92 Å². The second kappa shape index (κ2) is 2.67. The third-order valence-corrected chi connectivity index (χ3v) is 2.87. The molecule has 3 heterocycles. The minimum atomic E-state index is 0.574. The molecule has 1 unspecified atom stereocenters. The number of rotatable bonds is 0. The molecule has 1 saturated heterocycles. The highest BCUT2D eigenvalue weighted by molar-refractivity contribution is 6.02. The molecule has 0 aromatic heterocycles.